The molecular weight excluding hydrogens is 574 g/mol. The highest BCUT2D eigenvalue weighted by atomic mass is 16.7. The molecule has 0 bridgehead atoms. The average Bonchev–Trinajstić information content (AvgIpc) is 3.01. The third kappa shape index (κ3) is 10.6. The van der Waals surface area contributed by atoms with Crippen LogP contribution in [0.25, 0.3) is 0 Å². The summed E-state index contributed by atoms with van der Waals surface area (Å²) in [6.45, 7) is 4.96. The molecule has 13 nitrogen and oxygen atoms in total. The standard InChI is InChI=1S/C31H41N3O10/c1-4-41-23(35)16-32-29(39)27-26(37)25(36)24(30(44-27)42-17-20-11-7-5-8-12-20)34-28(38)22(15-19(2)3)33-31(40)43-18-21-13-9-6-10-14-21/h5-14,19,22,24-27,30,36-37H,4,15-18H2,1-3H3,(H,32,39)(H,33,40)(H,34,38)/t22-,24+,25+,26+,27-,30-/m0/s1. The van der Waals surface area contributed by atoms with Gasteiger partial charge < -0.3 is 45.1 Å². The summed E-state index contributed by atoms with van der Waals surface area (Å²) in [4.78, 5) is 50.6. The molecule has 0 saturated carbocycles. The van der Waals surface area contributed by atoms with Gasteiger partial charge in [0.1, 0.15) is 37.4 Å². The second kappa shape index (κ2) is 17.3. The summed E-state index contributed by atoms with van der Waals surface area (Å²) >= 11 is 0. The molecule has 1 aliphatic heterocycles. The number of nitrogens with one attached hydrogen (secondary N) is 3. The summed E-state index contributed by atoms with van der Waals surface area (Å²) in [5.41, 5.74) is 1.51. The third-order valence-electron chi connectivity index (χ3n) is 6.67. The maximum Gasteiger partial charge on any atom is 0.408 e. The second-order valence-electron chi connectivity index (χ2n) is 10.6. The lowest BCUT2D eigenvalue weighted by molar-refractivity contribution is -0.263. The smallest absolute Gasteiger partial charge is 0.408 e. The predicted molar refractivity (Wildman–Crippen MR) is 156 cm³/mol. The van der Waals surface area contributed by atoms with E-state index in [9.17, 15) is 29.4 Å². The molecule has 1 aliphatic rings. The summed E-state index contributed by atoms with van der Waals surface area (Å²) in [5, 5.41) is 29.4. The zero-order chi connectivity index (χ0) is 32.1. The number of aliphatic hydroxyl groups excluding tert-OH is 2. The van der Waals surface area contributed by atoms with E-state index in [1.807, 2.05) is 38.1 Å². The Bertz CT molecular complexity index is 1210. The zero-order valence-corrected chi connectivity index (χ0v) is 25.0. The monoisotopic (exact) mass is 615 g/mol. The number of alkyl carbamates (subject to hydrolysis) is 1. The Balaban J connectivity index is 1.73. The van der Waals surface area contributed by atoms with Crippen molar-refractivity contribution in [1.29, 1.82) is 0 Å². The van der Waals surface area contributed by atoms with Crippen LogP contribution >= 0.6 is 0 Å². The Morgan fingerprint density at radius 3 is 2.09 bits per heavy atom. The average molecular weight is 616 g/mol. The van der Waals surface area contributed by atoms with Crippen LogP contribution in [-0.4, -0.2) is 83.9 Å². The summed E-state index contributed by atoms with van der Waals surface area (Å²) in [7, 11) is 0. The van der Waals surface area contributed by atoms with Gasteiger partial charge in [0.15, 0.2) is 12.4 Å². The fourth-order valence-corrected chi connectivity index (χ4v) is 4.47. The Morgan fingerprint density at radius 2 is 1.50 bits per heavy atom. The lowest BCUT2D eigenvalue weighted by Crippen LogP contribution is -2.67. The molecule has 13 heteroatoms. The second-order valence-corrected chi connectivity index (χ2v) is 10.6. The molecule has 1 saturated heterocycles. The Morgan fingerprint density at radius 1 is 0.886 bits per heavy atom. The van der Waals surface area contributed by atoms with E-state index in [0.717, 1.165) is 11.1 Å². The van der Waals surface area contributed by atoms with E-state index in [0.29, 0.717) is 0 Å². The normalized spacial score (nSPS) is 22.0. The van der Waals surface area contributed by atoms with Crippen molar-refractivity contribution in [1.82, 2.24) is 16.0 Å². The van der Waals surface area contributed by atoms with Gasteiger partial charge in [-0.3, -0.25) is 14.4 Å². The van der Waals surface area contributed by atoms with Crippen molar-refractivity contribution in [3.05, 3.63) is 71.8 Å². The molecule has 0 aliphatic carbocycles. The molecular formula is C31H41N3O10. The van der Waals surface area contributed by atoms with Crippen molar-refractivity contribution in [3.63, 3.8) is 0 Å². The van der Waals surface area contributed by atoms with E-state index in [1.54, 1.807) is 43.3 Å². The molecule has 5 N–H and O–H groups in total. The van der Waals surface area contributed by atoms with Crippen LogP contribution in [0, 0.1) is 5.92 Å². The van der Waals surface area contributed by atoms with Gasteiger partial charge >= 0.3 is 12.1 Å². The van der Waals surface area contributed by atoms with Crippen LogP contribution < -0.4 is 16.0 Å². The van der Waals surface area contributed by atoms with E-state index in [-0.39, 0.29) is 32.2 Å². The molecule has 3 amide bonds. The molecule has 6 atom stereocenters. The molecule has 3 rings (SSSR count). The summed E-state index contributed by atoms with van der Waals surface area (Å²) < 4.78 is 21.7. The van der Waals surface area contributed by atoms with Gasteiger partial charge in [-0.2, -0.15) is 0 Å². The van der Waals surface area contributed by atoms with Crippen LogP contribution in [-0.2, 0) is 46.5 Å². The van der Waals surface area contributed by atoms with Crippen molar-refractivity contribution >= 4 is 23.9 Å². The van der Waals surface area contributed by atoms with Gasteiger partial charge in [0, 0.05) is 0 Å². The van der Waals surface area contributed by atoms with Gasteiger partial charge in [-0.05, 0) is 30.4 Å². The summed E-state index contributed by atoms with van der Waals surface area (Å²) in [6, 6.07) is 15.6. The number of hydrogen-bond donors (Lipinski definition) is 5. The fraction of sp³-hybridized carbons (Fsp3) is 0.484. The lowest BCUT2D eigenvalue weighted by Gasteiger charge is -2.42. The highest BCUT2D eigenvalue weighted by Crippen LogP contribution is 2.24. The van der Waals surface area contributed by atoms with Crippen LogP contribution in [0.1, 0.15) is 38.3 Å². The van der Waals surface area contributed by atoms with E-state index in [2.05, 4.69) is 16.0 Å². The zero-order valence-electron chi connectivity index (χ0n) is 25.0. The number of rotatable bonds is 14. The van der Waals surface area contributed by atoms with E-state index in [4.69, 9.17) is 18.9 Å². The molecule has 0 spiro atoms. The Hall–Kier alpha value is -4.04. The number of amides is 3. The Labute approximate surface area is 256 Å². The van der Waals surface area contributed by atoms with Gasteiger partial charge in [0.25, 0.3) is 5.91 Å². The largest absolute Gasteiger partial charge is 0.465 e. The lowest BCUT2D eigenvalue weighted by atomic mass is 9.95. The number of benzene rings is 2. The number of ether oxygens (including phenoxy) is 4. The highest BCUT2D eigenvalue weighted by molar-refractivity contribution is 5.87. The minimum atomic E-state index is -1.80. The first-order valence-corrected chi connectivity index (χ1v) is 14.5. The van der Waals surface area contributed by atoms with Crippen LogP contribution in [0.4, 0.5) is 4.79 Å². The highest BCUT2D eigenvalue weighted by Gasteiger charge is 2.49. The third-order valence-corrected chi connectivity index (χ3v) is 6.67. The Kier molecular flexibility index (Phi) is 13.5. The quantitative estimate of drug-likeness (QED) is 0.193. The molecule has 0 aromatic heterocycles. The molecule has 2 aromatic rings. The van der Waals surface area contributed by atoms with Crippen LogP contribution in [0.2, 0.25) is 0 Å². The summed E-state index contributed by atoms with van der Waals surface area (Å²) in [6.07, 6.45) is -7.15. The first kappa shape index (κ1) is 34.5. The van der Waals surface area contributed by atoms with Crippen LogP contribution in [0.3, 0.4) is 0 Å². The van der Waals surface area contributed by atoms with E-state index in [1.165, 1.54) is 0 Å². The van der Waals surface area contributed by atoms with Gasteiger partial charge in [-0.1, -0.05) is 74.5 Å². The SMILES string of the molecule is CCOC(=O)CNC(=O)[C@H]1O[C@H](OCc2ccccc2)[C@H](NC(=O)[C@H](CC(C)C)NC(=O)OCc2ccccc2)[C@@H](O)[C@H]1O. The van der Waals surface area contributed by atoms with Crippen molar-refractivity contribution in [2.75, 3.05) is 13.2 Å². The van der Waals surface area contributed by atoms with Gasteiger partial charge in [-0.25, -0.2) is 4.79 Å². The minimum Gasteiger partial charge on any atom is -0.465 e. The number of carbonyl (C=O) groups excluding carboxylic acids is 4. The van der Waals surface area contributed by atoms with Crippen molar-refractivity contribution in [2.45, 2.75) is 77.1 Å². The molecule has 2 aromatic carbocycles. The van der Waals surface area contributed by atoms with Gasteiger partial charge in [-0.15, -0.1) is 0 Å². The van der Waals surface area contributed by atoms with Crippen molar-refractivity contribution < 1.29 is 48.3 Å². The number of aliphatic hydroxyl groups is 2. The molecule has 0 unspecified atom stereocenters. The van der Waals surface area contributed by atoms with Gasteiger partial charge in [0.05, 0.1) is 13.2 Å². The van der Waals surface area contributed by atoms with E-state index >= 15 is 0 Å². The number of hydrogen-bond acceptors (Lipinski definition) is 10. The van der Waals surface area contributed by atoms with Crippen molar-refractivity contribution in [2.24, 2.45) is 5.92 Å². The van der Waals surface area contributed by atoms with Crippen LogP contribution in [0.5, 0.6) is 0 Å². The molecule has 1 heterocycles. The minimum absolute atomic E-state index is 0.000911. The first-order chi connectivity index (χ1) is 21.1. The fourth-order valence-electron chi connectivity index (χ4n) is 4.47. The molecule has 44 heavy (non-hydrogen) atoms. The molecule has 0 radical (unpaired) electrons. The first-order valence-electron chi connectivity index (χ1n) is 14.5. The van der Waals surface area contributed by atoms with Crippen LogP contribution in [0.15, 0.2) is 60.7 Å². The predicted octanol–water partition coefficient (Wildman–Crippen LogP) is 1.16. The summed E-state index contributed by atoms with van der Waals surface area (Å²) in [5.74, 6) is -2.28. The number of esters is 1. The van der Waals surface area contributed by atoms with Crippen molar-refractivity contribution in [3.8, 4) is 0 Å². The molecule has 1 fully saturated rings. The maximum atomic E-state index is 13.5. The number of carbonyl (C=O) groups is 4. The van der Waals surface area contributed by atoms with E-state index < -0.39 is 67.1 Å². The topological polar surface area (TPSA) is 182 Å². The molecule has 240 valence electrons. The maximum absolute atomic E-state index is 13.5. The van der Waals surface area contributed by atoms with Gasteiger partial charge in [0.2, 0.25) is 5.91 Å².